The third-order valence-corrected chi connectivity index (χ3v) is 6.59. The topological polar surface area (TPSA) is 0 Å². The highest BCUT2D eigenvalue weighted by Gasteiger charge is 2.09. The van der Waals surface area contributed by atoms with Crippen LogP contribution < -0.4 is 0 Å². The van der Waals surface area contributed by atoms with Gasteiger partial charge in [-0.3, -0.25) is 0 Å². The van der Waals surface area contributed by atoms with E-state index < -0.39 is 0 Å². The quantitative estimate of drug-likeness (QED) is 0.207. The van der Waals surface area contributed by atoms with Gasteiger partial charge in [-0.05, 0) is 48.0 Å². The van der Waals surface area contributed by atoms with Crippen LogP contribution in [0.5, 0.6) is 0 Å². The van der Waals surface area contributed by atoms with E-state index in [1.807, 2.05) is 0 Å². The molecular formula is C26H54S. The molecular weight excluding hydrogens is 344 g/mol. The molecule has 0 saturated heterocycles. The van der Waals surface area contributed by atoms with Crippen LogP contribution in [0.1, 0.15) is 144 Å². The first-order chi connectivity index (χ1) is 12.7. The van der Waals surface area contributed by atoms with Crippen LogP contribution in [-0.2, 0) is 0 Å². The number of rotatable bonds is 18. The van der Waals surface area contributed by atoms with Crippen molar-refractivity contribution in [3.8, 4) is 0 Å². The maximum Gasteiger partial charge on any atom is -0.00675 e. The zero-order chi connectivity index (χ0) is 20.4. The van der Waals surface area contributed by atoms with Gasteiger partial charge in [-0.15, -0.1) is 0 Å². The Morgan fingerprint density at radius 3 is 0.926 bits per heavy atom. The zero-order valence-electron chi connectivity index (χ0n) is 20.1. The minimum Gasteiger partial charge on any atom is -0.162 e. The van der Waals surface area contributed by atoms with Gasteiger partial charge >= 0.3 is 0 Å². The summed E-state index contributed by atoms with van der Waals surface area (Å²) in [5.41, 5.74) is 1.06. The average Bonchev–Trinajstić information content (AvgIpc) is 2.55. The molecule has 0 spiro atoms. The monoisotopic (exact) mass is 398 g/mol. The van der Waals surface area contributed by atoms with Crippen molar-refractivity contribution in [2.45, 2.75) is 144 Å². The Morgan fingerprint density at radius 1 is 0.370 bits per heavy atom. The molecule has 0 unspecified atom stereocenters. The highest BCUT2D eigenvalue weighted by molar-refractivity contribution is 7.99. The van der Waals surface area contributed by atoms with Gasteiger partial charge < -0.3 is 0 Å². The molecule has 0 amide bonds. The van der Waals surface area contributed by atoms with Crippen LogP contribution in [0.25, 0.3) is 0 Å². The fourth-order valence-electron chi connectivity index (χ4n) is 3.59. The van der Waals surface area contributed by atoms with E-state index in [1.54, 1.807) is 0 Å². The predicted octanol–water partition coefficient (Wildman–Crippen LogP) is 10.1. The Labute approximate surface area is 178 Å². The minimum absolute atomic E-state index is 0.531. The number of thioether (sulfide) groups is 1. The van der Waals surface area contributed by atoms with Crippen LogP contribution >= 0.6 is 11.8 Å². The van der Waals surface area contributed by atoms with Crippen molar-refractivity contribution >= 4 is 11.8 Å². The predicted molar refractivity (Wildman–Crippen MR) is 130 cm³/mol. The van der Waals surface area contributed by atoms with E-state index >= 15 is 0 Å². The number of hydrogen-bond acceptors (Lipinski definition) is 1. The Bertz CT molecular complexity index is 264. The Kier molecular flexibility index (Phi) is 17.5. The zero-order valence-corrected chi connectivity index (χ0v) is 21.0. The Balaban J connectivity index is 3.07. The van der Waals surface area contributed by atoms with Crippen molar-refractivity contribution < 1.29 is 0 Å². The second-order valence-electron chi connectivity index (χ2n) is 11.2. The lowest BCUT2D eigenvalue weighted by Crippen LogP contribution is -2.03. The third kappa shape index (κ3) is 26.4. The van der Waals surface area contributed by atoms with Gasteiger partial charge in [0, 0.05) is 0 Å². The van der Waals surface area contributed by atoms with Crippen molar-refractivity contribution in [3.63, 3.8) is 0 Å². The van der Waals surface area contributed by atoms with Crippen LogP contribution in [-0.4, -0.2) is 11.5 Å². The molecule has 0 saturated carbocycles. The van der Waals surface area contributed by atoms with Crippen LogP contribution in [0.2, 0.25) is 0 Å². The first-order valence-corrected chi connectivity index (χ1v) is 13.4. The molecule has 27 heavy (non-hydrogen) atoms. The second kappa shape index (κ2) is 17.2. The summed E-state index contributed by atoms with van der Waals surface area (Å²) in [6, 6.07) is 0. The third-order valence-electron chi connectivity index (χ3n) is 5.43. The van der Waals surface area contributed by atoms with Gasteiger partial charge in [0.05, 0.1) is 0 Å². The van der Waals surface area contributed by atoms with Crippen LogP contribution in [0.4, 0.5) is 0 Å². The molecule has 0 bridgehead atoms. The SMILES string of the molecule is CC(C)(C)CCCCCCCCCSCCCCCCCCCC(C)(C)C. The van der Waals surface area contributed by atoms with E-state index in [0.29, 0.717) is 10.8 Å². The molecule has 1 heteroatoms. The number of unbranched alkanes of at least 4 members (excludes halogenated alkanes) is 12. The summed E-state index contributed by atoms with van der Waals surface area (Å²) in [5.74, 6) is 2.80. The average molecular weight is 399 g/mol. The lowest BCUT2D eigenvalue weighted by molar-refractivity contribution is 0.356. The van der Waals surface area contributed by atoms with Gasteiger partial charge in [0.15, 0.2) is 0 Å². The molecule has 0 aromatic heterocycles. The minimum atomic E-state index is 0.531. The van der Waals surface area contributed by atoms with E-state index in [2.05, 4.69) is 53.3 Å². The van der Waals surface area contributed by atoms with Crippen molar-refractivity contribution in [2.24, 2.45) is 10.8 Å². The summed E-state index contributed by atoms with van der Waals surface area (Å²) < 4.78 is 0. The maximum atomic E-state index is 2.36. The molecule has 0 rings (SSSR count). The van der Waals surface area contributed by atoms with Crippen molar-refractivity contribution in [3.05, 3.63) is 0 Å². The largest absolute Gasteiger partial charge is 0.162 e. The maximum absolute atomic E-state index is 2.36. The van der Waals surface area contributed by atoms with Crippen molar-refractivity contribution in [1.82, 2.24) is 0 Å². The summed E-state index contributed by atoms with van der Waals surface area (Å²) in [5, 5.41) is 0. The lowest BCUT2D eigenvalue weighted by atomic mass is 9.89. The highest BCUT2D eigenvalue weighted by Crippen LogP contribution is 2.23. The molecule has 0 N–H and O–H groups in total. The summed E-state index contributed by atoms with van der Waals surface area (Å²) >= 11 is 2.20. The molecule has 0 aromatic carbocycles. The van der Waals surface area contributed by atoms with E-state index in [1.165, 1.54) is 114 Å². The highest BCUT2D eigenvalue weighted by atomic mass is 32.2. The second-order valence-corrected chi connectivity index (χ2v) is 12.4. The summed E-state index contributed by atoms with van der Waals surface area (Å²) in [7, 11) is 0. The summed E-state index contributed by atoms with van der Waals surface area (Å²) in [4.78, 5) is 0. The summed E-state index contributed by atoms with van der Waals surface area (Å²) in [6.45, 7) is 14.2. The van der Waals surface area contributed by atoms with Gasteiger partial charge in [-0.1, -0.05) is 119 Å². The van der Waals surface area contributed by atoms with Crippen LogP contribution in [0.3, 0.4) is 0 Å². The van der Waals surface area contributed by atoms with Gasteiger partial charge in [0.2, 0.25) is 0 Å². The molecule has 0 aliphatic rings. The number of hydrogen-bond donors (Lipinski definition) is 0. The molecule has 0 nitrogen and oxygen atoms in total. The first kappa shape index (κ1) is 27.4. The van der Waals surface area contributed by atoms with Crippen molar-refractivity contribution in [2.75, 3.05) is 11.5 Å². The molecule has 0 aliphatic carbocycles. The fraction of sp³-hybridized carbons (Fsp3) is 1.00. The smallest absolute Gasteiger partial charge is 0.00675 e. The molecule has 0 atom stereocenters. The first-order valence-electron chi connectivity index (χ1n) is 12.3. The molecule has 164 valence electrons. The van der Waals surface area contributed by atoms with E-state index in [-0.39, 0.29) is 0 Å². The van der Waals surface area contributed by atoms with Gasteiger partial charge in [0.1, 0.15) is 0 Å². The molecule has 0 aromatic rings. The van der Waals surface area contributed by atoms with Gasteiger partial charge in [-0.2, -0.15) is 11.8 Å². The van der Waals surface area contributed by atoms with Crippen LogP contribution in [0, 0.1) is 10.8 Å². The van der Waals surface area contributed by atoms with E-state index in [0.717, 1.165) is 0 Å². The fourth-order valence-corrected chi connectivity index (χ4v) is 4.61. The van der Waals surface area contributed by atoms with E-state index in [4.69, 9.17) is 0 Å². The standard InChI is InChI=1S/C26H54S/c1-25(2,3)21-17-13-9-7-11-15-19-23-27-24-20-16-12-8-10-14-18-22-26(4,5)6/h7-24H2,1-6H3. The molecule has 0 heterocycles. The van der Waals surface area contributed by atoms with Crippen molar-refractivity contribution in [1.29, 1.82) is 0 Å². The van der Waals surface area contributed by atoms with Gasteiger partial charge in [0.25, 0.3) is 0 Å². The lowest BCUT2D eigenvalue weighted by Gasteiger charge is -2.17. The molecule has 0 fully saturated rings. The molecule has 0 aliphatic heterocycles. The van der Waals surface area contributed by atoms with Gasteiger partial charge in [-0.25, -0.2) is 0 Å². The Morgan fingerprint density at radius 2 is 0.630 bits per heavy atom. The Hall–Kier alpha value is 0.350. The summed E-state index contributed by atoms with van der Waals surface area (Å²) in [6.07, 6.45) is 23.1. The van der Waals surface area contributed by atoms with E-state index in [9.17, 15) is 0 Å². The molecule has 0 radical (unpaired) electrons. The van der Waals surface area contributed by atoms with Crippen LogP contribution in [0.15, 0.2) is 0 Å². The normalized spacial score (nSPS) is 12.7.